The van der Waals surface area contributed by atoms with Crippen LogP contribution < -0.4 is 0 Å². The van der Waals surface area contributed by atoms with Crippen LogP contribution in [0, 0.1) is 11.8 Å². The summed E-state index contributed by atoms with van der Waals surface area (Å²) in [5, 5.41) is 1.69. The summed E-state index contributed by atoms with van der Waals surface area (Å²) >= 11 is 6.06. The quantitative estimate of drug-likeness (QED) is 0.390. The van der Waals surface area contributed by atoms with Gasteiger partial charge >= 0.3 is 0 Å². The lowest BCUT2D eigenvalue weighted by Crippen LogP contribution is -2.42. The molecule has 0 spiro atoms. The molecular weight excluding hydrogens is 267 g/mol. The Bertz CT molecular complexity index is 278. The molecule has 0 aromatic rings. The highest BCUT2D eigenvalue weighted by Gasteiger charge is 2.38. The summed E-state index contributed by atoms with van der Waals surface area (Å²) in [6, 6.07) is 0. The van der Waals surface area contributed by atoms with Crippen LogP contribution in [0.2, 0.25) is 31.3 Å². The molecule has 0 aromatic carbocycles. The van der Waals surface area contributed by atoms with E-state index < -0.39 is 8.07 Å². The molecule has 0 saturated heterocycles. The molecule has 19 heavy (non-hydrogen) atoms. The number of alkyl halides is 1. The van der Waals surface area contributed by atoms with E-state index in [0.29, 0.717) is 12.6 Å². The van der Waals surface area contributed by atoms with Crippen molar-refractivity contribution in [3.63, 3.8) is 0 Å². The molecule has 0 aromatic heterocycles. The summed E-state index contributed by atoms with van der Waals surface area (Å²) in [6.07, 6.45) is 2.33. The van der Waals surface area contributed by atoms with Crippen molar-refractivity contribution in [3.8, 4) is 0 Å². The zero-order valence-corrected chi connectivity index (χ0v) is 16.3. The molecule has 0 fully saturated rings. The molecule has 2 unspecified atom stereocenters. The zero-order chi connectivity index (χ0) is 15.4. The van der Waals surface area contributed by atoms with E-state index in [-0.39, 0.29) is 0 Å². The van der Waals surface area contributed by atoms with Crippen molar-refractivity contribution in [3.05, 3.63) is 11.2 Å². The van der Waals surface area contributed by atoms with Gasteiger partial charge in [-0.05, 0) is 0 Å². The molecule has 0 aliphatic carbocycles. The highest BCUT2D eigenvalue weighted by atomic mass is 35.5. The molecule has 0 aliphatic rings. The fourth-order valence-corrected chi connectivity index (χ4v) is 5.44. The van der Waals surface area contributed by atoms with Gasteiger partial charge in [-0.1, -0.05) is 90.7 Å². The summed E-state index contributed by atoms with van der Waals surface area (Å²) in [5.41, 5.74) is 0. The number of halogens is 1. The highest BCUT2D eigenvalue weighted by molar-refractivity contribution is 6.99. The molecule has 0 heterocycles. The van der Waals surface area contributed by atoms with Crippen LogP contribution in [0.15, 0.2) is 11.2 Å². The molecule has 0 radical (unpaired) electrons. The Kier molecular flexibility index (Phi) is 8.06. The van der Waals surface area contributed by atoms with Crippen molar-refractivity contribution in [2.75, 3.05) is 5.88 Å². The van der Waals surface area contributed by atoms with Crippen LogP contribution in [-0.4, -0.2) is 20.7 Å². The normalized spacial score (nSPS) is 16.9. The van der Waals surface area contributed by atoms with E-state index in [1.807, 2.05) is 0 Å². The first-order valence-corrected chi connectivity index (χ1v) is 11.8. The second-order valence-corrected chi connectivity index (χ2v) is 13.2. The van der Waals surface area contributed by atoms with Crippen molar-refractivity contribution in [2.45, 2.75) is 72.8 Å². The average Bonchev–Trinajstić information content (AvgIpc) is 2.26. The first-order valence-electron chi connectivity index (χ1n) is 7.80. The van der Waals surface area contributed by atoms with Crippen molar-refractivity contribution in [1.82, 2.24) is 0 Å². The van der Waals surface area contributed by atoms with Gasteiger partial charge < -0.3 is 0 Å². The van der Waals surface area contributed by atoms with Crippen LogP contribution in [-0.2, 0) is 0 Å². The van der Waals surface area contributed by atoms with Crippen LogP contribution in [0.25, 0.3) is 0 Å². The van der Waals surface area contributed by atoms with E-state index in [4.69, 9.17) is 11.6 Å². The van der Waals surface area contributed by atoms with Crippen LogP contribution >= 0.6 is 11.6 Å². The Morgan fingerprint density at radius 2 is 1.32 bits per heavy atom. The Morgan fingerprint density at radius 3 is 1.53 bits per heavy atom. The summed E-state index contributed by atoms with van der Waals surface area (Å²) in [5.74, 6) is 3.55. The topological polar surface area (TPSA) is 0 Å². The summed E-state index contributed by atoms with van der Waals surface area (Å²) in [6.45, 7) is 22.3. The molecule has 0 rings (SSSR count). The van der Waals surface area contributed by atoms with Crippen LogP contribution in [0.1, 0.15) is 41.5 Å². The third-order valence-electron chi connectivity index (χ3n) is 4.76. The van der Waals surface area contributed by atoms with E-state index in [1.54, 1.807) is 5.10 Å². The third kappa shape index (κ3) is 5.67. The van der Waals surface area contributed by atoms with Gasteiger partial charge in [0.25, 0.3) is 0 Å². The molecule has 2 atom stereocenters. The minimum atomic E-state index is -1.31. The van der Waals surface area contributed by atoms with Gasteiger partial charge in [-0.15, -0.1) is 16.7 Å². The van der Waals surface area contributed by atoms with Crippen molar-refractivity contribution >= 4 is 26.4 Å². The van der Waals surface area contributed by atoms with E-state index in [9.17, 15) is 0 Å². The maximum atomic E-state index is 6.06. The van der Waals surface area contributed by atoms with Gasteiger partial charge in [0.05, 0.1) is 8.07 Å². The van der Waals surface area contributed by atoms with Crippen molar-refractivity contribution < 1.29 is 0 Å². The molecule has 0 amide bonds. The number of rotatable bonds is 7. The van der Waals surface area contributed by atoms with Gasteiger partial charge in [-0.2, -0.15) is 0 Å². The monoisotopic (exact) mass is 300 g/mol. The molecule has 0 aliphatic heterocycles. The fourth-order valence-electron chi connectivity index (χ4n) is 2.90. The first kappa shape index (κ1) is 19.3. The lowest BCUT2D eigenvalue weighted by molar-refractivity contribution is 0.566. The first-order chi connectivity index (χ1) is 8.53. The van der Waals surface area contributed by atoms with Crippen LogP contribution in [0.5, 0.6) is 0 Å². The summed E-state index contributed by atoms with van der Waals surface area (Å²) < 4.78 is 0. The SMILES string of the molecule is CC(C)C(C)B(/C(=C/CCl)[Si](C)(C)C)C(C)C(C)C. The van der Waals surface area contributed by atoms with Gasteiger partial charge in [0, 0.05) is 5.88 Å². The smallest absolute Gasteiger partial charge is 0.122 e. The lowest BCUT2D eigenvalue weighted by Gasteiger charge is -2.38. The van der Waals surface area contributed by atoms with Crippen molar-refractivity contribution in [2.24, 2.45) is 11.8 Å². The maximum absolute atomic E-state index is 6.06. The van der Waals surface area contributed by atoms with Gasteiger partial charge in [0.2, 0.25) is 0 Å². The summed E-state index contributed by atoms with van der Waals surface area (Å²) in [7, 11) is -1.31. The Balaban J connectivity index is 5.61. The van der Waals surface area contributed by atoms with Gasteiger partial charge in [0.1, 0.15) is 0 Å². The molecule has 0 saturated carbocycles. The van der Waals surface area contributed by atoms with Crippen LogP contribution in [0.4, 0.5) is 0 Å². The largest absolute Gasteiger partial charge is 0.171 e. The number of hydrogen-bond donors (Lipinski definition) is 0. The minimum absolute atomic E-state index is 0.658. The second kappa shape index (κ2) is 7.93. The maximum Gasteiger partial charge on any atom is 0.171 e. The van der Waals surface area contributed by atoms with E-state index in [0.717, 1.165) is 23.5 Å². The Hall–Kier alpha value is 0.312. The molecule has 112 valence electrons. The van der Waals surface area contributed by atoms with Gasteiger partial charge in [-0.25, -0.2) is 0 Å². The number of allylic oxidation sites excluding steroid dienone is 1. The average molecular weight is 301 g/mol. The lowest BCUT2D eigenvalue weighted by atomic mass is 9.31. The number of hydrogen-bond acceptors (Lipinski definition) is 0. The standard InChI is InChI=1S/C16H34BClSi/c1-12(2)14(5)17(15(6)13(3)4)16(10-11-18)19(7,8)9/h10,12-15H,11H2,1-9H3/b16-10-. The minimum Gasteiger partial charge on any atom is -0.122 e. The van der Waals surface area contributed by atoms with E-state index in [2.05, 4.69) is 67.3 Å². The predicted octanol–water partition coefficient (Wildman–Crippen LogP) is 6.16. The molecule has 0 N–H and O–H groups in total. The molecule has 0 bridgehead atoms. The third-order valence-corrected chi connectivity index (χ3v) is 7.18. The Labute approximate surface area is 128 Å². The summed E-state index contributed by atoms with van der Waals surface area (Å²) in [4.78, 5) is 0. The van der Waals surface area contributed by atoms with E-state index in [1.165, 1.54) is 0 Å². The fraction of sp³-hybridized carbons (Fsp3) is 0.875. The Morgan fingerprint density at radius 1 is 0.947 bits per heavy atom. The molecule has 3 heteroatoms. The molecule has 0 nitrogen and oxygen atoms in total. The van der Waals surface area contributed by atoms with Crippen LogP contribution in [0.3, 0.4) is 0 Å². The van der Waals surface area contributed by atoms with E-state index >= 15 is 0 Å². The molecular formula is C16H34BClSi. The highest BCUT2D eigenvalue weighted by Crippen LogP contribution is 2.39. The van der Waals surface area contributed by atoms with Gasteiger partial charge in [-0.3, -0.25) is 0 Å². The van der Waals surface area contributed by atoms with Crippen molar-refractivity contribution in [1.29, 1.82) is 0 Å². The second-order valence-electron chi connectivity index (χ2n) is 7.80. The van der Waals surface area contributed by atoms with Gasteiger partial charge in [0.15, 0.2) is 6.71 Å². The zero-order valence-electron chi connectivity index (χ0n) is 14.5. The predicted molar refractivity (Wildman–Crippen MR) is 96.4 cm³/mol.